The number of rotatable bonds is 9. The molecule has 0 N–H and O–H groups in total. The van der Waals surface area contributed by atoms with Crippen molar-refractivity contribution in [3.8, 4) is 61.3 Å². The molecule has 3 heterocycles. The molecule has 0 bridgehead atoms. The largest absolute Gasteiger partial charge is 0.309 e. The maximum Gasteiger partial charge on any atom is 0.0618 e. The van der Waals surface area contributed by atoms with Gasteiger partial charge in [0.15, 0.2) is 0 Å². The lowest BCUT2D eigenvalue weighted by Gasteiger charge is -2.47. The van der Waals surface area contributed by atoms with Crippen molar-refractivity contribution in [2.24, 2.45) is 0 Å². The summed E-state index contributed by atoms with van der Waals surface area (Å²) in [5.74, 6) is -0.297. The zero-order valence-electron chi connectivity index (χ0n) is 49.5. The van der Waals surface area contributed by atoms with E-state index in [0.717, 1.165) is 90.7 Å². The summed E-state index contributed by atoms with van der Waals surface area (Å²) in [6.07, 6.45) is 0.882. The van der Waals surface area contributed by atoms with Crippen molar-refractivity contribution in [2.75, 3.05) is 9.80 Å². The van der Waals surface area contributed by atoms with Crippen LogP contribution < -0.4 is 9.80 Å². The fourth-order valence-corrected chi connectivity index (χ4v) is 15.5. The van der Waals surface area contributed by atoms with Gasteiger partial charge in [0.2, 0.25) is 0 Å². The van der Waals surface area contributed by atoms with Crippen LogP contribution in [-0.4, -0.2) is 4.57 Å². The highest BCUT2D eigenvalue weighted by Gasteiger charge is 2.45. The smallest absolute Gasteiger partial charge is 0.0618 e. The number of para-hydroxylation sites is 4. The average molecular weight is 1150 g/mol. The molecule has 3 nitrogen and oxygen atoms in total. The number of hydrogen-bond donors (Lipinski definition) is 0. The van der Waals surface area contributed by atoms with E-state index in [1.807, 2.05) is 0 Å². The van der Waals surface area contributed by atoms with Crippen molar-refractivity contribution < 1.29 is 0 Å². The molecular weight excluding hydrogens is 1090 g/mol. The summed E-state index contributed by atoms with van der Waals surface area (Å²) in [5, 5.41) is 2.47. The van der Waals surface area contributed by atoms with Gasteiger partial charge in [0, 0.05) is 56.1 Å². The standard InChI is InChI=1S/C87H59N3/c1-6-26-57(27-7-1)62-48-51-79-76(53-62)84-75-50-49-66(88-77-46-22-20-40-73(77)74-41-21-23-47-78(74)88)56-80(75)90(87-71(60-32-12-4-13-33-60)44-25-45-72(87)61-34-14-5-15-35-61)82-55-65(83-67-38-18-16-36-63(67)52-64-37-17-19-39-68(64)83)54-81(85(82)84)89(79)86-69(58-28-8-2-9-29-58)42-24-43-70(86)59-30-10-3-11-31-59/h1-51,53-56,83-84H,52H2. The van der Waals surface area contributed by atoms with Crippen LogP contribution >= 0.6 is 0 Å². The molecule has 15 aromatic rings. The maximum atomic E-state index is 2.71. The van der Waals surface area contributed by atoms with Gasteiger partial charge in [-0.25, -0.2) is 0 Å². The van der Waals surface area contributed by atoms with Crippen LogP contribution in [0, 0.1) is 0 Å². The van der Waals surface area contributed by atoms with E-state index in [4.69, 9.17) is 0 Å². The van der Waals surface area contributed by atoms with Gasteiger partial charge in [-0.15, -0.1) is 0 Å². The number of fused-ring (bicyclic) bond motifs is 9. The summed E-state index contributed by atoms with van der Waals surface area (Å²) in [6, 6.07) is 125. The maximum absolute atomic E-state index is 2.71. The third kappa shape index (κ3) is 8.20. The number of aromatic nitrogens is 1. The summed E-state index contributed by atoms with van der Waals surface area (Å²) in [7, 11) is 0. The minimum atomic E-state index is -0.212. The van der Waals surface area contributed by atoms with E-state index >= 15 is 0 Å². The molecule has 0 fully saturated rings. The van der Waals surface area contributed by atoms with Gasteiger partial charge in [-0.1, -0.05) is 285 Å². The number of hydrogen-bond acceptors (Lipinski definition) is 2. The Bertz CT molecular complexity index is 5070. The zero-order chi connectivity index (χ0) is 59.2. The number of benzene rings is 14. The molecule has 0 saturated heterocycles. The predicted molar refractivity (Wildman–Crippen MR) is 375 cm³/mol. The molecule has 3 aliphatic rings. The van der Waals surface area contributed by atoms with E-state index in [9.17, 15) is 0 Å². The fraction of sp³-hybridized carbons (Fsp3) is 0.0345. The Kier molecular flexibility index (Phi) is 12.1. The monoisotopic (exact) mass is 1150 g/mol. The first-order valence-corrected chi connectivity index (χ1v) is 31.4. The molecule has 90 heavy (non-hydrogen) atoms. The third-order valence-electron chi connectivity index (χ3n) is 19.3. The third-order valence-corrected chi connectivity index (χ3v) is 19.3. The first-order chi connectivity index (χ1) is 44.7. The highest BCUT2D eigenvalue weighted by atomic mass is 15.2. The van der Waals surface area contributed by atoms with Crippen molar-refractivity contribution >= 4 is 55.9 Å². The normalized spacial score (nSPS) is 13.8. The molecule has 0 radical (unpaired) electrons. The summed E-state index contributed by atoms with van der Waals surface area (Å²) >= 11 is 0. The second kappa shape index (κ2) is 21.1. The molecule has 1 aliphatic carbocycles. The second-order valence-electron chi connectivity index (χ2n) is 24.2. The van der Waals surface area contributed by atoms with Crippen LogP contribution in [-0.2, 0) is 6.42 Å². The zero-order valence-corrected chi connectivity index (χ0v) is 49.5. The lowest BCUT2D eigenvalue weighted by molar-refractivity contribution is 0.869. The first-order valence-electron chi connectivity index (χ1n) is 31.4. The quantitative estimate of drug-likeness (QED) is 0.143. The number of nitrogens with zero attached hydrogens (tertiary/aromatic N) is 3. The van der Waals surface area contributed by atoms with Crippen LogP contribution in [0.1, 0.15) is 56.3 Å². The molecule has 1 atom stereocenters. The summed E-state index contributed by atoms with van der Waals surface area (Å²) in [5.41, 5.74) is 32.3. The highest BCUT2D eigenvalue weighted by Crippen LogP contribution is 2.65. The van der Waals surface area contributed by atoms with Gasteiger partial charge in [-0.3, -0.25) is 0 Å². The van der Waals surface area contributed by atoms with Gasteiger partial charge in [0.1, 0.15) is 0 Å². The summed E-state index contributed by atoms with van der Waals surface area (Å²) < 4.78 is 2.49. The Morgan fingerprint density at radius 3 is 1.17 bits per heavy atom. The molecule has 0 amide bonds. The van der Waals surface area contributed by atoms with E-state index < -0.39 is 0 Å². The van der Waals surface area contributed by atoms with Crippen LogP contribution in [0.15, 0.2) is 334 Å². The van der Waals surface area contributed by atoms with Crippen LogP contribution in [0.25, 0.3) is 83.1 Å². The average Bonchev–Trinajstić information content (AvgIpc) is 0.760. The molecule has 1 unspecified atom stereocenters. The molecule has 3 heteroatoms. The molecular formula is C87H59N3. The SMILES string of the molecule is c1ccc(-c2ccc3c(c2)C2c4ccc(-n5c6ccccc6c6ccccc65)cc4N(c4c(-c5ccccc5)cccc4-c4ccccc4)c4cc(C5c6ccccc6Cc6ccccc65)cc(c42)N3c2c(-c3ccccc3)cccc2-c2ccccc2)cc1. The van der Waals surface area contributed by atoms with Gasteiger partial charge in [0.25, 0.3) is 0 Å². The molecule has 18 rings (SSSR count). The lowest BCUT2D eigenvalue weighted by atomic mass is 9.71. The van der Waals surface area contributed by atoms with E-state index in [-0.39, 0.29) is 11.8 Å². The Balaban J connectivity index is 1.04. The highest BCUT2D eigenvalue weighted by molar-refractivity contribution is 6.10. The van der Waals surface area contributed by atoms with Crippen LogP contribution in [0.5, 0.6) is 0 Å². The van der Waals surface area contributed by atoms with Crippen molar-refractivity contribution in [2.45, 2.75) is 18.3 Å². The summed E-state index contributed by atoms with van der Waals surface area (Å²) in [6.45, 7) is 0. The van der Waals surface area contributed by atoms with E-state index in [1.165, 1.54) is 77.4 Å². The van der Waals surface area contributed by atoms with Crippen LogP contribution in [0.3, 0.4) is 0 Å². The van der Waals surface area contributed by atoms with E-state index in [0.29, 0.717) is 0 Å². The molecule has 0 saturated carbocycles. The van der Waals surface area contributed by atoms with E-state index in [2.05, 4.69) is 348 Å². The summed E-state index contributed by atoms with van der Waals surface area (Å²) in [4.78, 5) is 5.40. The van der Waals surface area contributed by atoms with Gasteiger partial charge in [-0.05, 0) is 127 Å². The van der Waals surface area contributed by atoms with E-state index in [1.54, 1.807) is 0 Å². The first kappa shape index (κ1) is 51.7. The molecule has 422 valence electrons. The van der Waals surface area contributed by atoms with Gasteiger partial charge < -0.3 is 14.4 Å². The van der Waals surface area contributed by atoms with Crippen LogP contribution in [0.2, 0.25) is 0 Å². The molecule has 0 spiro atoms. The van der Waals surface area contributed by atoms with Crippen molar-refractivity contribution in [3.05, 3.63) is 378 Å². The minimum Gasteiger partial charge on any atom is -0.309 e. The predicted octanol–water partition coefficient (Wildman–Crippen LogP) is 22.9. The Morgan fingerprint density at radius 1 is 0.256 bits per heavy atom. The van der Waals surface area contributed by atoms with Crippen molar-refractivity contribution in [3.63, 3.8) is 0 Å². The fourth-order valence-electron chi connectivity index (χ4n) is 15.5. The van der Waals surface area contributed by atoms with Gasteiger partial charge in [0.05, 0.1) is 45.2 Å². The van der Waals surface area contributed by atoms with Gasteiger partial charge in [-0.2, -0.15) is 0 Å². The topological polar surface area (TPSA) is 11.4 Å². The van der Waals surface area contributed by atoms with Crippen molar-refractivity contribution in [1.82, 2.24) is 4.57 Å². The Morgan fingerprint density at radius 2 is 0.678 bits per heavy atom. The van der Waals surface area contributed by atoms with Crippen molar-refractivity contribution in [1.29, 1.82) is 0 Å². The van der Waals surface area contributed by atoms with Gasteiger partial charge >= 0.3 is 0 Å². The molecule has 14 aromatic carbocycles. The lowest BCUT2D eigenvalue weighted by Crippen LogP contribution is -2.31. The second-order valence-corrected chi connectivity index (χ2v) is 24.2. The Labute approximate surface area is 524 Å². The molecule has 2 aliphatic heterocycles. The Hall–Kier alpha value is -11.5. The van der Waals surface area contributed by atoms with Crippen LogP contribution in [0.4, 0.5) is 34.1 Å². The minimum absolute atomic E-state index is 0.0852. The number of anilines is 6. The molecule has 1 aromatic heterocycles.